The number of nitrogens with zero attached hydrogens (tertiary/aromatic N) is 4. The van der Waals surface area contributed by atoms with E-state index in [4.69, 9.17) is 5.26 Å². The first-order chi connectivity index (χ1) is 14.9. The highest BCUT2D eigenvalue weighted by atomic mass is 32.2. The predicted octanol–water partition coefficient (Wildman–Crippen LogP) is 1.10. The lowest BCUT2D eigenvalue weighted by Crippen LogP contribution is -2.47. The predicted molar refractivity (Wildman–Crippen MR) is 119 cm³/mol. The van der Waals surface area contributed by atoms with Crippen LogP contribution in [0.4, 0.5) is 0 Å². The van der Waals surface area contributed by atoms with Crippen LogP contribution >= 0.6 is 0 Å². The molecule has 2 saturated heterocycles. The molecule has 0 bridgehead atoms. The highest BCUT2D eigenvalue weighted by molar-refractivity contribution is 7.89. The fraction of sp³-hybridized carbons (Fsp3) is 0.636. The lowest BCUT2D eigenvalue weighted by atomic mass is 9.97. The summed E-state index contributed by atoms with van der Waals surface area (Å²) in [5.41, 5.74) is 0.428. The van der Waals surface area contributed by atoms with Gasteiger partial charge in [-0.25, -0.2) is 8.42 Å². The number of carbonyl (C=O) groups is 1. The van der Waals surface area contributed by atoms with E-state index in [9.17, 15) is 13.2 Å². The summed E-state index contributed by atoms with van der Waals surface area (Å²) in [5, 5.41) is 11.9. The SMILES string of the molecule is CCN1CCN(CCCNC(=O)C2CCN(S(=O)(=O)c3ccc(C#N)cc3)CC2)CC1. The molecule has 170 valence electrons. The molecule has 8 nitrogen and oxygen atoms in total. The lowest BCUT2D eigenvalue weighted by molar-refractivity contribution is -0.126. The maximum absolute atomic E-state index is 12.8. The Balaban J connectivity index is 1.38. The number of hydrogen-bond donors (Lipinski definition) is 1. The third kappa shape index (κ3) is 6.26. The van der Waals surface area contributed by atoms with Crippen LogP contribution in [-0.2, 0) is 14.8 Å². The molecule has 0 aliphatic carbocycles. The second-order valence-corrected chi connectivity index (χ2v) is 10.2. The number of nitriles is 1. The minimum absolute atomic E-state index is 0.0335. The number of piperazine rings is 1. The van der Waals surface area contributed by atoms with Crippen molar-refractivity contribution in [3.63, 3.8) is 0 Å². The standard InChI is InChI=1S/C22H33N5O3S/c1-2-25-14-16-26(17-15-25)11-3-10-24-22(28)20-8-12-27(13-9-20)31(29,30)21-6-4-19(18-23)5-7-21/h4-7,20H,2-3,8-17H2,1H3,(H,24,28). The van der Waals surface area contributed by atoms with Crippen molar-refractivity contribution in [2.45, 2.75) is 31.1 Å². The molecule has 0 radical (unpaired) electrons. The van der Waals surface area contributed by atoms with Gasteiger partial charge in [-0.15, -0.1) is 0 Å². The summed E-state index contributed by atoms with van der Waals surface area (Å²) in [5.74, 6) is -0.105. The molecular weight excluding hydrogens is 414 g/mol. The molecule has 1 aromatic rings. The van der Waals surface area contributed by atoms with E-state index in [0.717, 1.165) is 45.7 Å². The van der Waals surface area contributed by atoms with Gasteiger partial charge < -0.3 is 15.1 Å². The Bertz CT molecular complexity index is 865. The molecule has 9 heteroatoms. The number of rotatable bonds is 8. The van der Waals surface area contributed by atoms with Crippen LogP contribution in [0.25, 0.3) is 0 Å². The highest BCUT2D eigenvalue weighted by Gasteiger charge is 2.32. The quantitative estimate of drug-likeness (QED) is 0.600. The smallest absolute Gasteiger partial charge is 0.243 e. The van der Waals surface area contributed by atoms with Gasteiger partial charge >= 0.3 is 0 Å². The molecule has 2 fully saturated rings. The Hall–Kier alpha value is -1.99. The third-order valence-corrected chi connectivity index (χ3v) is 8.22. The van der Waals surface area contributed by atoms with Crippen molar-refractivity contribution in [2.24, 2.45) is 5.92 Å². The molecule has 31 heavy (non-hydrogen) atoms. The molecule has 1 N–H and O–H groups in total. The van der Waals surface area contributed by atoms with Gasteiger partial charge in [-0.1, -0.05) is 6.92 Å². The first-order valence-electron chi connectivity index (χ1n) is 11.2. The van der Waals surface area contributed by atoms with Gasteiger partial charge in [-0.2, -0.15) is 9.57 Å². The van der Waals surface area contributed by atoms with Crippen molar-refractivity contribution in [1.82, 2.24) is 19.4 Å². The number of benzene rings is 1. The molecule has 1 amide bonds. The van der Waals surface area contributed by atoms with E-state index in [2.05, 4.69) is 22.0 Å². The van der Waals surface area contributed by atoms with Crippen LogP contribution in [0.15, 0.2) is 29.2 Å². The summed E-state index contributed by atoms with van der Waals surface area (Å²) < 4.78 is 27.0. The minimum atomic E-state index is -3.59. The van der Waals surface area contributed by atoms with E-state index in [1.807, 2.05) is 6.07 Å². The molecule has 0 spiro atoms. The first kappa shape index (κ1) is 23.7. The van der Waals surface area contributed by atoms with Crippen molar-refractivity contribution in [3.05, 3.63) is 29.8 Å². The monoisotopic (exact) mass is 447 g/mol. The van der Waals surface area contributed by atoms with Crippen molar-refractivity contribution < 1.29 is 13.2 Å². The summed E-state index contributed by atoms with van der Waals surface area (Å²) in [4.78, 5) is 17.6. The van der Waals surface area contributed by atoms with E-state index in [-0.39, 0.29) is 16.7 Å². The number of carbonyl (C=O) groups excluding carboxylic acids is 1. The van der Waals surface area contributed by atoms with Gasteiger partial charge in [0, 0.05) is 51.7 Å². The van der Waals surface area contributed by atoms with Gasteiger partial charge in [0.25, 0.3) is 0 Å². The number of nitrogens with one attached hydrogen (secondary N) is 1. The molecule has 2 aliphatic rings. The molecule has 3 rings (SSSR count). The molecule has 1 aromatic carbocycles. The third-order valence-electron chi connectivity index (χ3n) is 6.31. The van der Waals surface area contributed by atoms with Gasteiger partial charge in [-0.05, 0) is 56.6 Å². The average molecular weight is 448 g/mol. The highest BCUT2D eigenvalue weighted by Crippen LogP contribution is 2.24. The van der Waals surface area contributed by atoms with Crippen molar-refractivity contribution in [2.75, 3.05) is 58.9 Å². The number of hydrogen-bond acceptors (Lipinski definition) is 6. The van der Waals surface area contributed by atoms with Crippen LogP contribution in [0.2, 0.25) is 0 Å². The Morgan fingerprint density at radius 3 is 2.26 bits per heavy atom. The van der Waals surface area contributed by atoms with E-state index in [1.165, 1.54) is 28.6 Å². The van der Waals surface area contributed by atoms with Gasteiger partial charge in [0.05, 0.1) is 16.5 Å². The summed E-state index contributed by atoms with van der Waals surface area (Å²) in [7, 11) is -3.59. The zero-order valence-corrected chi connectivity index (χ0v) is 19.1. The Labute approximate surface area is 185 Å². The normalized spacial score (nSPS) is 19.7. The number of likely N-dealkylation sites (N-methyl/N-ethyl adjacent to an activating group) is 1. The van der Waals surface area contributed by atoms with E-state index in [0.29, 0.717) is 38.0 Å². The maximum Gasteiger partial charge on any atom is 0.243 e. The van der Waals surface area contributed by atoms with Gasteiger partial charge in [-0.3, -0.25) is 4.79 Å². The first-order valence-corrected chi connectivity index (χ1v) is 12.6. The molecule has 0 unspecified atom stereocenters. The van der Waals surface area contributed by atoms with Crippen LogP contribution < -0.4 is 5.32 Å². The van der Waals surface area contributed by atoms with E-state index < -0.39 is 10.0 Å². The number of sulfonamides is 1. The average Bonchev–Trinajstić information content (AvgIpc) is 2.82. The lowest BCUT2D eigenvalue weighted by Gasteiger charge is -2.34. The van der Waals surface area contributed by atoms with Crippen LogP contribution in [0.3, 0.4) is 0 Å². The number of piperidine rings is 1. The molecular formula is C22H33N5O3S. The topological polar surface area (TPSA) is 96.8 Å². The van der Waals surface area contributed by atoms with Gasteiger partial charge in [0.2, 0.25) is 15.9 Å². The van der Waals surface area contributed by atoms with Crippen LogP contribution in [0.1, 0.15) is 31.7 Å². The van der Waals surface area contributed by atoms with Gasteiger partial charge in [0.15, 0.2) is 0 Å². The molecule has 2 heterocycles. The van der Waals surface area contributed by atoms with Crippen molar-refractivity contribution in [1.29, 1.82) is 5.26 Å². The number of amides is 1. The summed E-state index contributed by atoms with van der Waals surface area (Å²) in [6.07, 6.45) is 1.99. The van der Waals surface area contributed by atoms with E-state index in [1.54, 1.807) is 0 Å². The van der Waals surface area contributed by atoms with Crippen molar-refractivity contribution in [3.8, 4) is 6.07 Å². The zero-order valence-electron chi connectivity index (χ0n) is 18.3. The Morgan fingerprint density at radius 1 is 1.06 bits per heavy atom. The van der Waals surface area contributed by atoms with E-state index >= 15 is 0 Å². The molecule has 0 saturated carbocycles. The maximum atomic E-state index is 12.8. The second kappa shape index (κ2) is 11.0. The fourth-order valence-electron chi connectivity index (χ4n) is 4.20. The molecule has 0 atom stereocenters. The zero-order chi connectivity index (χ0) is 22.3. The molecule has 0 aromatic heterocycles. The minimum Gasteiger partial charge on any atom is -0.356 e. The summed E-state index contributed by atoms with van der Waals surface area (Å²) >= 11 is 0. The van der Waals surface area contributed by atoms with Crippen molar-refractivity contribution >= 4 is 15.9 Å². The Kier molecular flexibility index (Phi) is 8.43. The summed E-state index contributed by atoms with van der Waals surface area (Å²) in [6.45, 7) is 10.1. The van der Waals surface area contributed by atoms with Crippen LogP contribution in [-0.4, -0.2) is 87.3 Å². The van der Waals surface area contributed by atoms with Crippen LogP contribution in [0.5, 0.6) is 0 Å². The van der Waals surface area contributed by atoms with Crippen LogP contribution in [0, 0.1) is 17.2 Å². The van der Waals surface area contributed by atoms with Gasteiger partial charge in [0.1, 0.15) is 0 Å². The fourth-order valence-corrected chi connectivity index (χ4v) is 5.67. The molecule has 2 aliphatic heterocycles. The largest absolute Gasteiger partial charge is 0.356 e. The second-order valence-electron chi connectivity index (χ2n) is 8.24. The Morgan fingerprint density at radius 2 is 1.68 bits per heavy atom. The summed E-state index contributed by atoms with van der Waals surface area (Å²) in [6, 6.07) is 7.95.